The molecule has 2 aromatic carbocycles. The Bertz CT molecular complexity index is 1190. The van der Waals surface area contributed by atoms with Crippen LogP contribution in [0.5, 0.6) is 0 Å². The summed E-state index contributed by atoms with van der Waals surface area (Å²) < 4.78 is 90.7. The first kappa shape index (κ1) is 33.0. The molecule has 0 aliphatic heterocycles. The molecule has 0 N–H and O–H groups in total. The van der Waals surface area contributed by atoms with Gasteiger partial charge in [0.05, 0.1) is 30.0 Å². The predicted octanol–water partition coefficient (Wildman–Crippen LogP) is -3.21. The molecule has 2 aromatic rings. The summed E-state index contributed by atoms with van der Waals surface area (Å²) in [6.45, 7) is 0. The van der Waals surface area contributed by atoms with E-state index < -0.39 is 41.6 Å². The van der Waals surface area contributed by atoms with Crippen molar-refractivity contribution in [1.29, 1.82) is 0 Å². The Morgan fingerprint density at radius 3 is 1.27 bits per heavy atom. The Kier molecular flexibility index (Phi) is 13.3. The van der Waals surface area contributed by atoms with Gasteiger partial charge in [-0.3, -0.25) is 0 Å². The standard InChI is InChI=1S/C18H20Cl2O8S3.2Li/c19-17-7-5-15(11-13(17)3-1-9-29(21,22)23)31(27,28)16-6-8-18(20)14(12-16)4-2-10-30(24,25)26;;/h5-8,11-12H,1-4,9-10H2,(H,21,22,23)(H,24,25,26);;/q;2*+1/p-2. The van der Waals surface area contributed by atoms with Gasteiger partial charge in [-0.2, -0.15) is 0 Å². The van der Waals surface area contributed by atoms with Crippen LogP contribution >= 0.6 is 23.2 Å². The van der Waals surface area contributed by atoms with Gasteiger partial charge in [0, 0.05) is 21.6 Å². The van der Waals surface area contributed by atoms with Gasteiger partial charge in [-0.1, -0.05) is 23.2 Å². The molecule has 0 saturated carbocycles. The Balaban J connectivity index is 0.00000512. The van der Waals surface area contributed by atoms with Crippen LogP contribution in [-0.4, -0.2) is 45.9 Å². The quantitative estimate of drug-likeness (QED) is 0.225. The molecule has 0 aliphatic carbocycles. The van der Waals surface area contributed by atoms with Crippen molar-refractivity contribution in [1.82, 2.24) is 0 Å². The molecule has 0 radical (unpaired) electrons. The van der Waals surface area contributed by atoms with E-state index in [1.807, 2.05) is 0 Å². The van der Waals surface area contributed by atoms with Gasteiger partial charge in [0.15, 0.2) is 0 Å². The first-order valence-electron chi connectivity index (χ1n) is 8.88. The molecule has 15 heteroatoms. The summed E-state index contributed by atoms with van der Waals surface area (Å²) in [4.78, 5) is -0.181. The molecule has 2 rings (SSSR count). The summed E-state index contributed by atoms with van der Waals surface area (Å²) >= 11 is 12.1. The van der Waals surface area contributed by atoms with Crippen molar-refractivity contribution < 1.29 is 72.1 Å². The van der Waals surface area contributed by atoms with Gasteiger partial charge in [-0.15, -0.1) is 0 Å². The SMILES string of the molecule is O=S(=O)([O-])CCCc1cc(S(=O)(=O)c2ccc(Cl)c(CCCS(=O)(=O)[O-])c2)ccc1Cl.[Li+].[Li+]. The topological polar surface area (TPSA) is 149 Å². The van der Waals surface area contributed by atoms with Crippen LogP contribution in [0.3, 0.4) is 0 Å². The van der Waals surface area contributed by atoms with Gasteiger partial charge in [-0.25, -0.2) is 25.3 Å². The molecule has 0 atom stereocenters. The van der Waals surface area contributed by atoms with E-state index in [1.54, 1.807) is 0 Å². The maximum Gasteiger partial charge on any atom is 1.00 e. The smallest absolute Gasteiger partial charge is 0.748 e. The summed E-state index contributed by atoms with van der Waals surface area (Å²) in [7, 11) is -12.8. The van der Waals surface area contributed by atoms with Crippen LogP contribution in [0.15, 0.2) is 46.2 Å². The van der Waals surface area contributed by atoms with Crippen LogP contribution in [0.1, 0.15) is 24.0 Å². The van der Waals surface area contributed by atoms with Gasteiger partial charge in [-0.05, 0) is 73.2 Å². The van der Waals surface area contributed by atoms with Crippen LogP contribution in [0, 0.1) is 0 Å². The van der Waals surface area contributed by atoms with Crippen LogP contribution in [-0.2, 0) is 42.9 Å². The van der Waals surface area contributed by atoms with E-state index in [2.05, 4.69) is 0 Å². The average molecular weight is 543 g/mol. The van der Waals surface area contributed by atoms with Gasteiger partial charge in [0.25, 0.3) is 0 Å². The zero-order chi connectivity index (χ0) is 23.4. The first-order chi connectivity index (χ1) is 14.2. The predicted molar refractivity (Wildman–Crippen MR) is 114 cm³/mol. The number of halogens is 2. The molecular formula is C18H18Cl2Li2O8S3. The third-order valence-electron chi connectivity index (χ3n) is 4.34. The summed E-state index contributed by atoms with van der Waals surface area (Å²) in [6.07, 6.45) is 0.171. The fraction of sp³-hybridized carbons (Fsp3) is 0.333. The summed E-state index contributed by atoms with van der Waals surface area (Å²) in [5.41, 5.74) is 0.752. The van der Waals surface area contributed by atoms with E-state index in [1.165, 1.54) is 36.4 Å². The maximum atomic E-state index is 13.0. The molecule has 0 spiro atoms. The van der Waals surface area contributed by atoms with E-state index in [-0.39, 0.29) is 83.2 Å². The van der Waals surface area contributed by atoms with Gasteiger partial charge < -0.3 is 9.11 Å². The Morgan fingerprint density at radius 1 is 0.636 bits per heavy atom. The summed E-state index contributed by atoms with van der Waals surface area (Å²) in [5.74, 6) is -1.19. The molecule has 8 nitrogen and oxygen atoms in total. The molecule has 0 saturated heterocycles. The largest absolute Gasteiger partial charge is 1.00 e. The molecule has 33 heavy (non-hydrogen) atoms. The van der Waals surface area contributed by atoms with Crippen molar-refractivity contribution in [2.45, 2.75) is 35.5 Å². The van der Waals surface area contributed by atoms with Crippen molar-refractivity contribution in [3.63, 3.8) is 0 Å². The second-order valence-corrected chi connectivity index (χ2v) is 12.6. The Labute approximate surface area is 228 Å². The summed E-state index contributed by atoms with van der Waals surface area (Å²) in [5, 5.41) is 0.468. The molecule has 0 unspecified atom stereocenters. The van der Waals surface area contributed by atoms with Gasteiger partial charge in [0.2, 0.25) is 9.84 Å². The van der Waals surface area contributed by atoms with E-state index in [0.717, 1.165) is 0 Å². The normalized spacial score (nSPS) is 12.0. The van der Waals surface area contributed by atoms with Crippen molar-refractivity contribution in [3.8, 4) is 0 Å². The van der Waals surface area contributed by atoms with Crippen LogP contribution in [0.2, 0.25) is 10.0 Å². The minimum Gasteiger partial charge on any atom is -0.748 e. The molecule has 0 bridgehead atoms. The summed E-state index contributed by atoms with van der Waals surface area (Å²) in [6, 6.07) is 7.95. The molecule has 0 aliphatic rings. The van der Waals surface area contributed by atoms with Gasteiger partial charge in [0.1, 0.15) is 0 Å². The van der Waals surface area contributed by atoms with E-state index in [4.69, 9.17) is 23.2 Å². The fourth-order valence-electron chi connectivity index (χ4n) is 2.83. The molecule has 0 amide bonds. The number of benzene rings is 2. The molecule has 172 valence electrons. The minimum atomic E-state index is -4.40. The Morgan fingerprint density at radius 2 is 0.970 bits per heavy atom. The van der Waals surface area contributed by atoms with Crippen molar-refractivity contribution in [2.24, 2.45) is 0 Å². The molecule has 0 heterocycles. The van der Waals surface area contributed by atoms with E-state index >= 15 is 0 Å². The monoisotopic (exact) mass is 542 g/mol. The van der Waals surface area contributed by atoms with Crippen LogP contribution < -0.4 is 37.7 Å². The van der Waals surface area contributed by atoms with Crippen molar-refractivity contribution in [2.75, 3.05) is 11.5 Å². The third-order valence-corrected chi connectivity index (χ3v) is 8.40. The van der Waals surface area contributed by atoms with E-state index in [9.17, 15) is 34.4 Å². The van der Waals surface area contributed by atoms with Crippen LogP contribution in [0.4, 0.5) is 0 Å². The second-order valence-electron chi connectivity index (χ2n) is 6.74. The minimum absolute atomic E-state index is 0. The van der Waals surface area contributed by atoms with Crippen molar-refractivity contribution >= 4 is 53.3 Å². The first-order valence-corrected chi connectivity index (χ1v) is 14.3. The number of rotatable bonds is 10. The Hall–Kier alpha value is -0.0152. The molecule has 0 fully saturated rings. The van der Waals surface area contributed by atoms with E-state index in [0.29, 0.717) is 11.1 Å². The fourth-order valence-corrected chi connectivity index (χ4v) is 5.62. The number of hydrogen-bond acceptors (Lipinski definition) is 8. The average Bonchev–Trinajstić information content (AvgIpc) is 2.62. The number of sulfone groups is 1. The zero-order valence-electron chi connectivity index (χ0n) is 18.0. The molecule has 0 aromatic heterocycles. The number of hydrogen-bond donors (Lipinski definition) is 0. The zero-order valence-corrected chi connectivity index (χ0v) is 21.9. The van der Waals surface area contributed by atoms with Crippen molar-refractivity contribution in [3.05, 3.63) is 57.6 Å². The third kappa shape index (κ3) is 10.6. The maximum absolute atomic E-state index is 13.0. The van der Waals surface area contributed by atoms with Crippen LogP contribution in [0.25, 0.3) is 0 Å². The van der Waals surface area contributed by atoms with Gasteiger partial charge >= 0.3 is 37.7 Å². The molecular weight excluding hydrogens is 525 g/mol. The number of aryl methyl sites for hydroxylation is 2. The second kappa shape index (κ2) is 13.3.